The van der Waals surface area contributed by atoms with E-state index in [2.05, 4.69) is 49.1 Å². The van der Waals surface area contributed by atoms with Crippen molar-refractivity contribution in [3.63, 3.8) is 0 Å². The van der Waals surface area contributed by atoms with Crippen molar-refractivity contribution in [1.29, 1.82) is 0 Å². The van der Waals surface area contributed by atoms with E-state index >= 15 is 0 Å². The highest BCUT2D eigenvalue weighted by atomic mass is 15.1. The third-order valence-electron chi connectivity index (χ3n) is 11.9. The van der Waals surface area contributed by atoms with Gasteiger partial charge in [-0.05, 0) is 31.5 Å². The summed E-state index contributed by atoms with van der Waals surface area (Å²) in [5.41, 5.74) is 1.49. The first-order valence-electron chi connectivity index (χ1n) is 24.6. The Balaban J connectivity index is 1.92. The van der Waals surface area contributed by atoms with Crippen LogP contribution in [0.15, 0.2) is 30.3 Å². The lowest BCUT2D eigenvalue weighted by molar-refractivity contribution is 0.252. The first-order chi connectivity index (χ1) is 25.9. The standard InChI is InChI=1S/C51H97N/c1-3-5-7-9-11-13-15-17-19-21-23-25-27-29-31-33-35-37-39-44-48-52(50-51-46-42-41-43-47-51)49-45-40-38-36-34-32-30-28-26-24-22-20-18-16-14-12-10-8-6-4-2/h41-43,46-47H,3-40,44-45,48-50H2,1-2H3. The molecule has 0 atom stereocenters. The molecule has 0 N–H and O–H groups in total. The van der Waals surface area contributed by atoms with Crippen LogP contribution in [0.5, 0.6) is 0 Å². The highest BCUT2D eigenvalue weighted by molar-refractivity contribution is 5.14. The normalized spacial score (nSPS) is 11.7. The number of hydrogen-bond acceptors (Lipinski definition) is 1. The summed E-state index contributed by atoms with van der Waals surface area (Å²) in [6.45, 7) is 8.33. The Bertz CT molecular complexity index is 714. The highest BCUT2D eigenvalue weighted by Gasteiger charge is 2.06. The number of hydrogen-bond donors (Lipinski definition) is 0. The predicted molar refractivity (Wildman–Crippen MR) is 238 cm³/mol. The molecule has 1 heteroatoms. The molecule has 0 heterocycles. The summed E-state index contributed by atoms with van der Waals surface area (Å²) in [7, 11) is 0. The van der Waals surface area contributed by atoms with Gasteiger partial charge in [0.2, 0.25) is 0 Å². The molecule has 1 rings (SSSR count). The molecule has 0 unspecified atom stereocenters. The van der Waals surface area contributed by atoms with Crippen molar-refractivity contribution < 1.29 is 0 Å². The fourth-order valence-corrected chi connectivity index (χ4v) is 8.29. The number of unbranched alkanes of at least 4 members (excludes halogenated alkanes) is 38. The molecule has 0 amide bonds. The predicted octanol–water partition coefficient (Wildman–Crippen LogP) is 18.1. The molecule has 0 saturated heterocycles. The van der Waals surface area contributed by atoms with Crippen molar-refractivity contribution >= 4 is 0 Å². The molecular formula is C51H97N. The van der Waals surface area contributed by atoms with Gasteiger partial charge in [-0.25, -0.2) is 0 Å². The third-order valence-corrected chi connectivity index (χ3v) is 11.9. The van der Waals surface area contributed by atoms with Gasteiger partial charge in [-0.3, -0.25) is 4.90 Å². The second-order valence-electron chi connectivity index (χ2n) is 17.2. The molecule has 0 saturated carbocycles. The van der Waals surface area contributed by atoms with Crippen LogP contribution in [-0.4, -0.2) is 18.0 Å². The number of rotatable bonds is 44. The van der Waals surface area contributed by atoms with Crippen molar-refractivity contribution in [2.24, 2.45) is 0 Å². The number of benzene rings is 1. The Kier molecular flexibility index (Phi) is 40.6. The van der Waals surface area contributed by atoms with Gasteiger partial charge in [0.05, 0.1) is 0 Å². The van der Waals surface area contributed by atoms with Crippen LogP contribution in [0.4, 0.5) is 0 Å². The van der Waals surface area contributed by atoms with Crippen LogP contribution in [0.1, 0.15) is 276 Å². The average Bonchev–Trinajstić information content (AvgIpc) is 3.16. The van der Waals surface area contributed by atoms with E-state index in [1.54, 1.807) is 0 Å². The first-order valence-corrected chi connectivity index (χ1v) is 24.6. The zero-order valence-corrected chi connectivity index (χ0v) is 36.2. The van der Waals surface area contributed by atoms with Gasteiger partial charge in [0.25, 0.3) is 0 Å². The van der Waals surface area contributed by atoms with Crippen LogP contribution in [-0.2, 0) is 6.54 Å². The van der Waals surface area contributed by atoms with Gasteiger partial charge in [-0.2, -0.15) is 0 Å². The molecule has 0 radical (unpaired) electrons. The van der Waals surface area contributed by atoms with E-state index < -0.39 is 0 Å². The zero-order valence-electron chi connectivity index (χ0n) is 36.2. The largest absolute Gasteiger partial charge is 0.299 e. The van der Waals surface area contributed by atoms with Crippen LogP contribution < -0.4 is 0 Å². The molecule has 0 aliphatic heterocycles. The minimum atomic E-state index is 1.14. The second kappa shape index (κ2) is 42.9. The molecule has 1 aromatic carbocycles. The summed E-state index contributed by atoms with van der Waals surface area (Å²) in [6.07, 6.45) is 58.4. The van der Waals surface area contributed by atoms with Gasteiger partial charge < -0.3 is 0 Å². The minimum absolute atomic E-state index is 1.14. The van der Waals surface area contributed by atoms with E-state index in [9.17, 15) is 0 Å². The van der Waals surface area contributed by atoms with Crippen LogP contribution in [0.3, 0.4) is 0 Å². The smallest absolute Gasteiger partial charge is 0.0233 e. The van der Waals surface area contributed by atoms with Gasteiger partial charge in [-0.1, -0.05) is 288 Å². The minimum Gasteiger partial charge on any atom is -0.299 e. The molecule has 306 valence electrons. The molecule has 0 aromatic heterocycles. The summed E-state index contributed by atoms with van der Waals surface area (Å²) >= 11 is 0. The Morgan fingerprint density at radius 3 is 0.712 bits per heavy atom. The summed E-state index contributed by atoms with van der Waals surface area (Å²) in [4.78, 5) is 2.76. The van der Waals surface area contributed by atoms with Crippen molar-refractivity contribution in [3.05, 3.63) is 35.9 Å². The Labute approximate surface area is 330 Å². The number of nitrogens with zero attached hydrogens (tertiary/aromatic N) is 1. The quantitative estimate of drug-likeness (QED) is 0.0606. The maximum atomic E-state index is 2.76. The van der Waals surface area contributed by atoms with Gasteiger partial charge in [0, 0.05) is 6.54 Å². The maximum absolute atomic E-state index is 2.76. The monoisotopic (exact) mass is 724 g/mol. The van der Waals surface area contributed by atoms with Crippen molar-refractivity contribution in [1.82, 2.24) is 4.90 Å². The van der Waals surface area contributed by atoms with Crippen molar-refractivity contribution in [2.75, 3.05) is 13.1 Å². The van der Waals surface area contributed by atoms with E-state index in [1.807, 2.05) is 0 Å². The lowest BCUT2D eigenvalue weighted by atomic mass is 10.0. The molecule has 0 aliphatic rings. The van der Waals surface area contributed by atoms with E-state index in [4.69, 9.17) is 0 Å². The van der Waals surface area contributed by atoms with Crippen molar-refractivity contribution in [2.45, 2.75) is 277 Å². The summed E-state index contributed by atoms with van der Waals surface area (Å²) in [6, 6.07) is 11.2. The molecule has 1 aromatic rings. The van der Waals surface area contributed by atoms with Crippen LogP contribution in [0.2, 0.25) is 0 Å². The summed E-state index contributed by atoms with van der Waals surface area (Å²) in [5.74, 6) is 0. The van der Waals surface area contributed by atoms with Gasteiger partial charge >= 0.3 is 0 Å². The van der Waals surface area contributed by atoms with E-state index in [0.717, 1.165) is 6.54 Å². The lowest BCUT2D eigenvalue weighted by Gasteiger charge is -2.22. The fraction of sp³-hybridized carbons (Fsp3) is 0.882. The van der Waals surface area contributed by atoms with Crippen molar-refractivity contribution in [3.8, 4) is 0 Å². The average molecular weight is 724 g/mol. The topological polar surface area (TPSA) is 3.24 Å². The molecule has 52 heavy (non-hydrogen) atoms. The molecular weight excluding hydrogens is 627 g/mol. The Morgan fingerprint density at radius 1 is 0.269 bits per heavy atom. The summed E-state index contributed by atoms with van der Waals surface area (Å²) < 4.78 is 0. The van der Waals surface area contributed by atoms with Gasteiger partial charge in [0.15, 0.2) is 0 Å². The second-order valence-corrected chi connectivity index (χ2v) is 17.2. The van der Waals surface area contributed by atoms with Crippen LogP contribution in [0, 0.1) is 0 Å². The van der Waals surface area contributed by atoms with Gasteiger partial charge in [0.1, 0.15) is 0 Å². The molecule has 0 spiro atoms. The zero-order chi connectivity index (χ0) is 37.1. The highest BCUT2D eigenvalue weighted by Crippen LogP contribution is 2.17. The Hall–Kier alpha value is -0.820. The SMILES string of the molecule is CCCCCCCCCCCCCCCCCCCCCCN(CCCCCCCCCCCCCCCCCCCCCC)Cc1ccccc1. The third kappa shape index (κ3) is 37.5. The molecule has 0 bridgehead atoms. The molecule has 1 nitrogen and oxygen atoms in total. The van der Waals surface area contributed by atoms with Gasteiger partial charge in [-0.15, -0.1) is 0 Å². The maximum Gasteiger partial charge on any atom is 0.0233 e. The molecule has 0 fully saturated rings. The fourth-order valence-electron chi connectivity index (χ4n) is 8.29. The Morgan fingerprint density at radius 2 is 0.481 bits per heavy atom. The van der Waals surface area contributed by atoms with Crippen LogP contribution in [0.25, 0.3) is 0 Å². The van der Waals surface area contributed by atoms with E-state index in [0.29, 0.717) is 0 Å². The summed E-state index contributed by atoms with van der Waals surface area (Å²) in [5, 5.41) is 0. The lowest BCUT2D eigenvalue weighted by Crippen LogP contribution is -2.25. The van der Waals surface area contributed by atoms with E-state index in [-0.39, 0.29) is 0 Å². The van der Waals surface area contributed by atoms with E-state index in [1.165, 1.54) is 275 Å². The van der Waals surface area contributed by atoms with Crippen LogP contribution >= 0.6 is 0 Å². The molecule has 0 aliphatic carbocycles. The first kappa shape index (κ1) is 49.2.